The zero-order valence-electron chi connectivity index (χ0n) is 15.1. The smallest absolute Gasteiger partial charge is 0.191 e. The first-order valence-corrected chi connectivity index (χ1v) is 8.96. The topological polar surface area (TPSA) is 54.2 Å². The molecule has 1 aliphatic carbocycles. The molecule has 0 saturated heterocycles. The molecule has 0 amide bonds. The SMILES string of the molecule is CCNC(=NCC1(c2cccc(F)c2)CC1)NCCCn1ccnc1.I. The predicted molar refractivity (Wildman–Crippen MR) is 114 cm³/mol. The number of guanidine groups is 1. The van der Waals surface area contributed by atoms with Crippen LogP contribution in [0.2, 0.25) is 0 Å². The van der Waals surface area contributed by atoms with E-state index in [1.54, 1.807) is 18.3 Å². The molecule has 0 aliphatic heterocycles. The van der Waals surface area contributed by atoms with Gasteiger partial charge in [-0.05, 0) is 43.9 Å². The Bertz CT molecular complexity index is 698. The molecule has 26 heavy (non-hydrogen) atoms. The fourth-order valence-electron chi connectivity index (χ4n) is 2.97. The Morgan fingerprint density at radius 3 is 2.85 bits per heavy atom. The van der Waals surface area contributed by atoms with Crippen molar-refractivity contribution < 1.29 is 4.39 Å². The first kappa shape index (κ1) is 20.7. The van der Waals surface area contributed by atoms with Gasteiger partial charge in [0.2, 0.25) is 0 Å². The number of hydrogen-bond donors (Lipinski definition) is 2. The van der Waals surface area contributed by atoms with Crippen LogP contribution in [-0.2, 0) is 12.0 Å². The highest BCUT2D eigenvalue weighted by atomic mass is 127. The minimum Gasteiger partial charge on any atom is -0.357 e. The Balaban J connectivity index is 0.00000243. The molecule has 0 radical (unpaired) electrons. The fourth-order valence-corrected chi connectivity index (χ4v) is 2.97. The molecule has 142 valence electrons. The van der Waals surface area contributed by atoms with E-state index in [1.807, 2.05) is 18.6 Å². The number of nitrogens with zero attached hydrogens (tertiary/aromatic N) is 3. The van der Waals surface area contributed by atoms with E-state index in [-0.39, 0.29) is 35.2 Å². The molecular formula is C19H27FIN5. The minimum atomic E-state index is -0.169. The number of aromatic nitrogens is 2. The second-order valence-corrected chi connectivity index (χ2v) is 6.57. The number of hydrogen-bond acceptors (Lipinski definition) is 2. The standard InChI is InChI=1S/C19H26FN5.HI/c1-2-22-18(23-9-4-11-25-12-10-21-15-25)24-14-19(7-8-19)16-5-3-6-17(20)13-16;/h3,5-6,10,12-13,15H,2,4,7-9,11,14H2,1H3,(H2,22,23,24);1H. The number of rotatable bonds is 8. The molecular weight excluding hydrogens is 444 g/mol. The lowest BCUT2D eigenvalue weighted by Crippen LogP contribution is -2.38. The summed E-state index contributed by atoms with van der Waals surface area (Å²) >= 11 is 0. The number of imidazole rings is 1. The van der Waals surface area contributed by atoms with Crippen LogP contribution in [0.4, 0.5) is 4.39 Å². The van der Waals surface area contributed by atoms with E-state index >= 15 is 0 Å². The van der Waals surface area contributed by atoms with E-state index in [0.29, 0.717) is 6.54 Å². The monoisotopic (exact) mass is 471 g/mol. The molecule has 1 saturated carbocycles. The van der Waals surface area contributed by atoms with Gasteiger partial charge < -0.3 is 15.2 Å². The van der Waals surface area contributed by atoms with Crippen molar-refractivity contribution in [3.63, 3.8) is 0 Å². The normalized spacial score (nSPS) is 15.2. The van der Waals surface area contributed by atoms with E-state index in [4.69, 9.17) is 4.99 Å². The molecule has 2 N–H and O–H groups in total. The van der Waals surface area contributed by atoms with Crippen LogP contribution in [0.1, 0.15) is 31.7 Å². The van der Waals surface area contributed by atoms with Crippen LogP contribution in [-0.4, -0.2) is 35.1 Å². The molecule has 1 heterocycles. The first-order valence-electron chi connectivity index (χ1n) is 8.96. The summed E-state index contributed by atoms with van der Waals surface area (Å²) in [4.78, 5) is 8.78. The van der Waals surface area contributed by atoms with Gasteiger partial charge in [-0.25, -0.2) is 9.37 Å². The molecule has 7 heteroatoms. The van der Waals surface area contributed by atoms with Crippen molar-refractivity contribution in [2.24, 2.45) is 4.99 Å². The summed E-state index contributed by atoms with van der Waals surface area (Å²) in [6, 6.07) is 6.94. The maximum Gasteiger partial charge on any atom is 0.191 e. The van der Waals surface area contributed by atoms with Gasteiger partial charge in [0.15, 0.2) is 5.96 Å². The molecule has 2 aromatic rings. The van der Waals surface area contributed by atoms with Gasteiger partial charge >= 0.3 is 0 Å². The Morgan fingerprint density at radius 1 is 1.35 bits per heavy atom. The summed E-state index contributed by atoms with van der Waals surface area (Å²) in [6.45, 7) is 5.34. The molecule has 1 aromatic heterocycles. The Hall–Kier alpha value is -1.64. The van der Waals surface area contributed by atoms with Crippen LogP contribution in [0.15, 0.2) is 48.0 Å². The third kappa shape index (κ3) is 5.69. The zero-order chi connectivity index (χ0) is 17.5. The van der Waals surface area contributed by atoms with Gasteiger partial charge in [-0.3, -0.25) is 4.99 Å². The quantitative estimate of drug-likeness (QED) is 0.269. The van der Waals surface area contributed by atoms with E-state index in [0.717, 1.165) is 50.4 Å². The number of benzene rings is 1. The van der Waals surface area contributed by atoms with Crippen molar-refractivity contribution in [3.8, 4) is 0 Å². The summed E-state index contributed by atoms with van der Waals surface area (Å²) in [5.41, 5.74) is 1.08. The lowest BCUT2D eigenvalue weighted by molar-refractivity contribution is 0.613. The van der Waals surface area contributed by atoms with Gasteiger partial charge in [0.1, 0.15) is 5.82 Å². The van der Waals surface area contributed by atoms with Gasteiger partial charge in [-0.2, -0.15) is 0 Å². The number of nitrogens with one attached hydrogen (secondary N) is 2. The summed E-state index contributed by atoms with van der Waals surface area (Å²) in [5, 5.41) is 6.66. The van der Waals surface area contributed by atoms with Gasteiger partial charge in [-0.1, -0.05) is 12.1 Å². The fraction of sp³-hybridized carbons (Fsp3) is 0.474. The molecule has 0 atom stereocenters. The highest BCUT2D eigenvalue weighted by Gasteiger charge is 2.44. The molecule has 5 nitrogen and oxygen atoms in total. The highest BCUT2D eigenvalue weighted by molar-refractivity contribution is 14.0. The van der Waals surface area contributed by atoms with E-state index in [2.05, 4.69) is 27.1 Å². The minimum absolute atomic E-state index is 0. The first-order chi connectivity index (χ1) is 12.2. The largest absolute Gasteiger partial charge is 0.357 e. The lowest BCUT2D eigenvalue weighted by atomic mass is 9.96. The molecule has 0 spiro atoms. The zero-order valence-corrected chi connectivity index (χ0v) is 17.4. The van der Waals surface area contributed by atoms with Crippen LogP contribution in [0, 0.1) is 5.82 Å². The van der Waals surface area contributed by atoms with Gasteiger partial charge in [-0.15, -0.1) is 24.0 Å². The molecule has 1 aliphatic rings. The number of aliphatic imine (C=N–C) groups is 1. The highest BCUT2D eigenvalue weighted by Crippen LogP contribution is 2.48. The summed E-state index contributed by atoms with van der Waals surface area (Å²) in [5.74, 6) is 0.660. The maximum absolute atomic E-state index is 13.5. The van der Waals surface area contributed by atoms with E-state index in [1.165, 1.54) is 6.07 Å². The van der Waals surface area contributed by atoms with Gasteiger partial charge in [0, 0.05) is 37.4 Å². The summed E-state index contributed by atoms with van der Waals surface area (Å²) in [7, 11) is 0. The van der Waals surface area contributed by atoms with E-state index in [9.17, 15) is 4.39 Å². The van der Waals surface area contributed by atoms with Crippen molar-refractivity contribution in [3.05, 3.63) is 54.4 Å². The Kier molecular flexibility index (Phi) is 7.86. The van der Waals surface area contributed by atoms with Crippen LogP contribution in [0.25, 0.3) is 0 Å². The summed E-state index contributed by atoms with van der Waals surface area (Å²) < 4.78 is 15.6. The van der Waals surface area contributed by atoms with Crippen molar-refractivity contribution in [2.75, 3.05) is 19.6 Å². The van der Waals surface area contributed by atoms with Crippen LogP contribution >= 0.6 is 24.0 Å². The van der Waals surface area contributed by atoms with Crippen molar-refractivity contribution in [1.82, 2.24) is 20.2 Å². The maximum atomic E-state index is 13.5. The third-order valence-corrected chi connectivity index (χ3v) is 4.62. The predicted octanol–water partition coefficient (Wildman–Crippen LogP) is 3.32. The van der Waals surface area contributed by atoms with Crippen molar-refractivity contribution in [1.29, 1.82) is 0 Å². The van der Waals surface area contributed by atoms with Gasteiger partial charge in [0.05, 0.1) is 12.9 Å². The average Bonchev–Trinajstić information content (AvgIpc) is 3.23. The Morgan fingerprint density at radius 2 is 2.19 bits per heavy atom. The van der Waals surface area contributed by atoms with Crippen LogP contribution in [0.5, 0.6) is 0 Å². The average molecular weight is 471 g/mol. The molecule has 1 fully saturated rings. The number of aryl methyl sites for hydroxylation is 1. The van der Waals surface area contributed by atoms with Crippen molar-refractivity contribution in [2.45, 2.75) is 38.1 Å². The van der Waals surface area contributed by atoms with Crippen molar-refractivity contribution >= 4 is 29.9 Å². The van der Waals surface area contributed by atoms with Crippen LogP contribution < -0.4 is 10.6 Å². The third-order valence-electron chi connectivity index (χ3n) is 4.62. The lowest BCUT2D eigenvalue weighted by Gasteiger charge is -2.16. The molecule has 3 rings (SSSR count). The Labute approximate surface area is 171 Å². The summed E-state index contributed by atoms with van der Waals surface area (Å²) in [6.07, 6.45) is 8.72. The van der Waals surface area contributed by atoms with Crippen LogP contribution in [0.3, 0.4) is 0 Å². The van der Waals surface area contributed by atoms with E-state index < -0.39 is 0 Å². The number of halogens is 2. The second-order valence-electron chi connectivity index (χ2n) is 6.57. The molecule has 1 aromatic carbocycles. The second kappa shape index (κ2) is 9.89. The molecule has 0 unspecified atom stereocenters. The molecule has 0 bridgehead atoms. The van der Waals surface area contributed by atoms with Gasteiger partial charge in [0.25, 0.3) is 0 Å².